The third-order valence-corrected chi connectivity index (χ3v) is 3.34. The zero-order valence-electron chi connectivity index (χ0n) is 9.46. The summed E-state index contributed by atoms with van der Waals surface area (Å²) < 4.78 is 10.4. The van der Waals surface area contributed by atoms with E-state index >= 15 is 0 Å². The molecule has 1 aromatic carbocycles. The van der Waals surface area contributed by atoms with E-state index in [1.165, 1.54) is 14.2 Å². The SMILES string of the molecule is COc1cc2c(c(Cl)c1OC)CC(C)C2=O. The van der Waals surface area contributed by atoms with E-state index in [9.17, 15) is 4.79 Å². The first-order chi connectivity index (χ1) is 7.60. The van der Waals surface area contributed by atoms with Crippen LogP contribution in [0.15, 0.2) is 6.07 Å². The van der Waals surface area contributed by atoms with Crippen molar-refractivity contribution < 1.29 is 14.3 Å². The maximum absolute atomic E-state index is 11.9. The van der Waals surface area contributed by atoms with Gasteiger partial charge >= 0.3 is 0 Å². The van der Waals surface area contributed by atoms with Gasteiger partial charge in [0.2, 0.25) is 0 Å². The quantitative estimate of drug-likeness (QED) is 0.797. The molecule has 0 fully saturated rings. The van der Waals surface area contributed by atoms with Crippen molar-refractivity contribution in [2.75, 3.05) is 14.2 Å². The number of Topliss-reactive ketones (excluding diaryl/α,β-unsaturated/α-hetero) is 1. The second kappa shape index (κ2) is 3.98. The smallest absolute Gasteiger partial charge is 0.179 e. The Labute approximate surface area is 99.3 Å². The van der Waals surface area contributed by atoms with E-state index in [0.29, 0.717) is 28.5 Å². The Bertz CT molecular complexity index is 454. The molecule has 2 rings (SSSR count). The second-order valence-corrected chi connectivity index (χ2v) is 4.30. The minimum atomic E-state index is -0.00990. The summed E-state index contributed by atoms with van der Waals surface area (Å²) >= 11 is 6.21. The molecule has 0 aromatic heterocycles. The zero-order valence-corrected chi connectivity index (χ0v) is 10.2. The van der Waals surface area contributed by atoms with Crippen LogP contribution < -0.4 is 9.47 Å². The summed E-state index contributed by atoms with van der Waals surface area (Å²) in [5, 5.41) is 0.495. The zero-order chi connectivity index (χ0) is 11.9. The van der Waals surface area contributed by atoms with Gasteiger partial charge in [0.15, 0.2) is 17.3 Å². The standard InChI is InChI=1S/C12H13ClO3/c1-6-4-7-8(11(6)14)5-9(15-2)12(16-3)10(7)13/h5-6H,4H2,1-3H3. The van der Waals surface area contributed by atoms with Gasteiger partial charge in [-0.05, 0) is 18.1 Å². The van der Waals surface area contributed by atoms with Gasteiger partial charge in [0.25, 0.3) is 0 Å². The van der Waals surface area contributed by atoms with E-state index < -0.39 is 0 Å². The molecule has 1 aliphatic rings. The fourth-order valence-electron chi connectivity index (χ4n) is 2.07. The van der Waals surface area contributed by atoms with Crippen LogP contribution in [0.4, 0.5) is 0 Å². The fraction of sp³-hybridized carbons (Fsp3) is 0.417. The van der Waals surface area contributed by atoms with E-state index in [2.05, 4.69) is 0 Å². The first-order valence-electron chi connectivity index (χ1n) is 5.07. The first kappa shape index (κ1) is 11.3. The predicted octanol–water partition coefficient (Wildman–Crippen LogP) is 2.73. The van der Waals surface area contributed by atoms with E-state index in [0.717, 1.165) is 5.56 Å². The van der Waals surface area contributed by atoms with Gasteiger partial charge in [-0.15, -0.1) is 0 Å². The first-order valence-corrected chi connectivity index (χ1v) is 5.45. The minimum Gasteiger partial charge on any atom is -0.493 e. The van der Waals surface area contributed by atoms with Crippen LogP contribution in [-0.2, 0) is 6.42 Å². The van der Waals surface area contributed by atoms with Crippen LogP contribution in [0, 0.1) is 5.92 Å². The molecule has 0 aliphatic heterocycles. The number of ether oxygens (including phenoxy) is 2. The van der Waals surface area contributed by atoms with Crippen molar-refractivity contribution in [3.05, 3.63) is 22.2 Å². The maximum Gasteiger partial charge on any atom is 0.179 e. The molecule has 0 amide bonds. The van der Waals surface area contributed by atoms with Crippen molar-refractivity contribution in [3.8, 4) is 11.5 Å². The lowest BCUT2D eigenvalue weighted by atomic mass is 10.1. The van der Waals surface area contributed by atoms with E-state index in [1.807, 2.05) is 6.92 Å². The average Bonchev–Trinajstić information content (AvgIpc) is 2.56. The number of carbonyl (C=O) groups excluding carboxylic acids is 1. The lowest BCUT2D eigenvalue weighted by Crippen LogP contribution is -2.03. The highest BCUT2D eigenvalue weighted by molar-refractivity contribution is 6.34. The molecule has 86 valence electrons. The van der Waals surface area contributed by atoms with E-state index in [1.54, 1.807) is 6.07 Å². The Balaban J connectivity index is 2.66. The van der Waals surface area contributed by atoms with Crippen molar-refractivity contribution in [2.45, 2.75) is 13.3 Å². The van der Waals surface area contributed by atoms with Crippen LogP contribution in [-0.4, -0.2) is 20.0 Å². The van der Waals surface area contributed by atoms with Crippen molar-refractivity contribution in [1.29, 1.82) is 0 Å². The fourth-order valence-corrected chi connectivity index (χ4v) is 2.42. The summed E-state index contributed by atoms with van der Waals surface area (Å²) in [6.45, 7) is 1.90. The molecule has 1 aliphatic carbocycles. The Morgan fingerprint density at radius 2 is 2.06 bits per heavy atom. The summed E-state index contributed by atoms with van der Waals surface area (Å²) in [6.07, 6.45) is 0.674. The van der Waals surface area contributed by atoms with Gasteiger partial charge in [-0.2, -0.15) is 0 Å². The number of rotatable bonds is 2. The Morgan fingerprint density at radius 3 is 2.62 bits per heavy atom. The van der Waals surface area contributed by atoms with Crippen LogP contribution >= 0.6 is 11.6 Å². The van der Waals surface area contributed by atoms with Crippen LogP contribution in [0.1, 0.15) is 22.8 Å². The molecule has 0 N–H and O–H groups in total. The number of fused-ring (bicyclic) bond motifs is 1. The molecule has 1 atom stereocenters. The van der Waals surface area contributed by atoms with Crippen molar-refractivity contribution in [3.63, 3.8) is 0 Å². The van der Waals surface area contributed by atoms with Gasteiger partial charge in [-0.25, -0.2) is 0 Å². The lowest BCUT2D eigenvalue weighted by molar-refractivity contribution is 0.0946. The maximum atomic E-state index is 11.9. The molecular weight excluding hydrogens is 228 g/mol. The van der Waals surface area contributed by atoms with Gasteiger partial charge < -0.3 is 9.47 Å². The molecule has 0 saturated heterocycles. The highest BCUT2D eigenvalue weighted by atomic mass is 35.5. The van der Waals surface area contributed by atoms with Gasteiger partial charge in [0.1, 0.15) is 0 Å². The Morgan fingerprint density at radius 1 is 1.38 bits per heavy atom. The number of benzene rings is 1. The molecule has 3 nitrogen and oxygen atoms in total. The summed E-state index contributed by atoms with van der Waals surface area (Å²) in [6, 6.07) is 1.71. The third kappa shape index (κ3) is 1.47. The van der Waals surface area contributed by atoms with Crippen molar-refractivity contribution >= 4 is 17.4 Å². The van der Waals surface area contributed by atoms with Crippen LogP contribution in [0.2, 0.25) is 5.02 Å². The lowest BCUT2D eigenvalue weighted by Gasteiger charge is -2.12. The van der Waals surface area contributed by atoms with Crippen molar-refractivity contribution in [1.82, 2.24) is 0 Å². The molecule has 0 spiro atoms. The summed E-state index contributed by atoms with van der Waals surface area (Å²) in [5.41, 5.74) is 1.53. The van der Waals surface area contributed by atoms with Gasteiger partial charge in [-0.3, -0.25) is 4.79 Å². The topological polar surface area (TPSA) is 35.5 Å². The molecule has 0 radical (unpaired) electrons. The molecule has 0 bridgehead atoms. The molecule has 1 aromatic rings. The summed E-state index contributed by atoms with van der Waals surface area (Å²) in [7, 11) is 3.07. The van der Waals surface area contributed by atoms with Crippen LogP contribution in [0.3, 0.4) is 0 Å². The number of carbonyl (C=O) groups is 1. The normalized spacial score (nSPS) is 18.5. The average molecular weight is 241 g/mol. The van der Waals surface area contributed by atoms with Crippen LogP contribution in [0.25, 0.3) is 0 Å². The summed E-state index contributed by atoms with van der Waals surface area (Å²) in [4.78, 5) is 11.9. The minimum absolute atomic E-state index is 0.00990. The molecular formula is C12H13ClO3. The number of hydrogen-bond donors (Lipinski definition) is 0. The van der Waals surface area contributed by atoms with E-state index in [4.69, 9.17) is 21.1 Å². The Hall–Kier alpha value is -1.22. The molecule has 0 saturated carbocycles. The van der Waals surface area contributed by atoms with Gasteiger partial charge in [0.05, 0.1) is 19.2 Å². The molecule has 4 heteroatoms. The number of halogens is 1. The third-order valence-electron chi connectivity index (χ3n) is 2.94. The Kier molecular flexibility index (Phi) is 2.80. The second-order valence-electron chi connectivity index (χ2n) is 3.92. The number of hydrogen-bond acceptors (Lipinski definition) is 3. The highest BCUT2D eigenvalue weighted by Gasteiger charge is 2.32. The van der Waals surface area contributed by atoms with Gasteiger partial charge in [0, 0.05) is 11.5 Å². The van der Waals surface area contributed by atoms with Crippen molar-refractivity contribution in [2.24, 2.45) is 5.92 Å². The molecule has 0 heterocycles. The monoisotopic (exact) mass is 240 g/mol. The molecule has 16 heavy (non-hydrogen) atoms. The summed E-state index contributed by atoms with van der Waals surface area (Å²) in [5.74, 6) is 1.13. The predicted molar refractivity (Wildman–Crippen MR) is 61.8 cm³/mol. The van der Waals surface area contributed by atoms with Gasteiger partial charge in [-0.1, -0.05) is 18.5 Å². The molecule has 1 unspecified atom stereocenters. The number of methoxy groups -OCH3 is 2. The van der Waals surface area contributed by atoms with E-state index in [-0.39, 0.29) is 11.7 Å². The highest BCUT2D eigenvalue weighted by Crippen LogP contribution is 2.43. The largest absolute Gasteiger partial charge is 0.493 e. The number of ketones is 1. The van der Waals surface area contributed by atoms with Crippen LogP contribution in [0.5, 0.6) is 11.5 Å².